The minimum atomic E-state index is 0.0243. The molecule has 0 aliphatic carbocycles. The zero-order chi connectivity index (χ0) is 20.2. The maximum Gasteiger partial charge on any atom is 0.253 e. The number of rotatable bonds is 10. The number of guanidine groups is 1. The molecule has 152 valence electrons. The second kappa shape index (κ2) is 11.8. The summed E-state index contributed by atoms with van der Waals surface area (Å²) in [7, 11) is 3.54. The molecule has 0 unspecified atom stereocenters. The summed E-state index contributed by atoms with van der Waals surface area (Å²) < 4.78 is 5.37. The molecular weight excluding hydrogens is 352 g/mol. The quantitative estimate of drug-likeness (QED) is 0.375. The van der Waals surface area contributed by atoms with Crippen LogP contribution >= 0.6 is 0 Å². The third-order valence-electron chi connectivity index (χ3n) is 4.31. The highest BCUT2D eigenvalue weighted by atomic mass is 16.3. The average Bonchev–Trinajstić information content (AvgIpc) is 3.21. The van der Waals surface area contributed by atoms with E-state index >= 15 is 0 Å². The van der Waals surface area contributed by atoms with Crippen LogP contribution in [-0.2, 0) is 12.8 Å². The zero-order valence-corrected chi connectivity index (χ0v) is 17.2. The van der Waals surface area contributed by atoms with E-state index in [2.05, 4.69) is 22.5 Å². The lowest BCUT2D eigenvalue weighted by Crippen LogP contribution is -2.39. The Balaban J connectivity index is 1.85. The van der Waals surface area contributed by atoms with E-state index < -0.39 is 0 Å². The lowest BCUT2D eigenvalue weighted by molar-refractivity contribution is 0.0827. The molecule has 28 heavy (non-hydrogen) atoms. The molecule has 1 amide bonds. The molecule has 0 aliphatic heterocycles. The third kappa shape index (κ3) is 7.47. The Morgan fingerprint density at radius 1 is 1.11 bits per heavy atom. The molecule has 2 N–H and O–H groups in total. The number of unbranched alkanes of at least 4 members (excludes halogenated alkanes) is 1. The van der Waals surface area contributed by atoms with Gasteiger partial charge in [0.2, 0.25) is 0 Å². The van der Waals surface area contributed by atoms with Crippen molar-refractivity contribution in [2.75, 3.05) is 33.7 Å². The van der Waals surface area contributed by atoms with Gasteiger partial charge in [-0.3, -0.25) is 9.79 Å². The van der Waals surface area contributed by atoms with Crippen molar-refractivity contribution in [3.8, 4) is 0 Å². The van der Waals surface area contributed by atoms with Crippen LogP contribution in [0.25, 0.3) is 0 Å². The van der Waals surface area contributed by atoms with Crippen LogP contribution in [0, 0.1) is 0 Å². The Bertz CT molecular complexity index is 739. The lowest BCUT2D eigenvalue weighted by Gasteiger charge is -2.13. The van der Waals surface area contributed by atoms with Gasteiger partial charge in [-0.15, -0.1) is 0 Å². The van der Waals surface area contributed by atoms with E-state index in [4.69, 9.17) is 4.42 Å². The Morgan fingerprint density at radius 2 is 1.89 bits per heavy atom. The van der Waals surface area contributed by atoms with E-state index in [-0.39, 0.29) is 5.91 Å². The van der Waals surface area contributed by atoms with Crippen molar-refractivity contribution in [3.05, 3.63) is 59.5 Å². The summed E-state index contributed by atoms with van der Waals surface area (Å²) in [6.45, 7) is 4.48. The number of hydrogen-bond donors (Lipinski definition) is 2. The fourth-order valence-corrected chi connectivity index (χ4v) is 2.73. The first-order chi connectivity index (χ1) is 13.6. The third-order valence-corrected chi connectivity index (χ3v) is 4.31. The molecule has 0 fully saturated rings. The summed E-state index contributed by atoms with van der Waals surface area (Å²) in [5.41, 5.74) is 1.85. The molecule has 0 saturated heterocycles. The predicted octanol–water partition coefficient (Wildman–Crippen LogP) is 3.10. The number of nitrogens with zero attached hydrogens (tertiary/aromatic N) is 2. The first kappa shape index (κ1) is 21.5. The predicted molar refractivity (Wildman–Crippen MR) is 114 cm³/mol. The van der Waals surface area contributed by atoms with E-state index in [0.29, 0.717) is 0 Å². The minimum absolute atomic E-state index is 0.0243. The molecule has 0 radical (unpaired) electrons. The Labute approximate surface area is 168 Å². The van der Waals surface area contributed by atoms with Gasteiger partial charge >= 0.3 is 0 Å². The maximum absolute atomic E-state index is 12.1. The van der Waals surface area contributed by atoms with Crippen molar-refractivity contribution in [3.63, 3.8) is 0 Å². The largest absolute Gasteiger partial charge is 0.469 e. The summed E-state index contributed by atoms with van der Waals surface area (Å²) in [4.78, 5) is 18.3. The molecule has 1 aromatic carbocycles. The van der Waals surface area contributed by atoms with Gasteiger partial charge in [0.15, 0.2) is 5.96 Å². The Kier molecular flexibility index (Phi) is 9.11. The molecule has 0 bridgehead atoms. The van der Waals surface area contributed by atoms with Crippen LogP contribution < -0.4 is 10.6 Å². The number of benzene rings is 1. The molecule has 1 aromatic heterocycles. The normalized spacial score (nSPS) is 11.3. The minimum Gasteiger partial charge on any atom is -0.469 e. The second-order valence-electron chi connectivity index (χ2n) is 6.92. The van der Waals surface area contributed by atoms with Crippen LogP contribution in [0.2, 0.25) is 0 Å². The van der Waals surface area contributed by atoms with Crippen molar-refractivity contribution in [2.45, 2.75) is 32.6 Å². The molecule has 0 saturated carbocycles. The molecule has 1 heterocycles. The van der Waals surface area contributed by atoms with E-state index in [1.54, 1.807) is 25.3 Å². The number of amides is 1. The fraction of sp³-hybridized carbons (Fsp3) is 0.455. The highest BCUT2D eigenvalue weighted by molar-refractivity contribution is 5.94. The van der Waals surface area contributed by atoms with Gasteiger partial charge in [-0.05, 0) is 42.7 Å². The highest BCUT2D eigenvalue weighted by Gasteiger charge is 2.08. The SMILES string of the molecule is CCCCN=C(NCCc1cccc(C(=O)N(C)C)c1)NCCc1ccco1. The summed E-state index contributed by atoms with van der Waals surface area (Å²) in [6, 6.07) is 11.7. The van der Waals surface area contributed by atoms with E-state index in [1.807, 2.05) is 36.4 Å². The van der Waals surface area contributed by atoms with Gasteiger partial charge in [-0.1, -0.05) is 25.5 Å². The number of carbonyl (C=O) groups excluding carboxylic acids is 1. The van der Waals surface area contributed by atoms with Crippen molar-refractivity contribution in [2.24, 2.45) is 4.99 Å². The molecule has 0 spiro atoms. The van der Waals surface area contributed by atoms with Crippen molar-refractivity contribution in [1.82, 2.24) is 15.5 Å². The first-order valence-electron chi connectivity index (χ1n) is 9.95. The van der Waals surface area contributed by atoms with Crippen LogP contribution in [0.5, 0.6) is 0 Å². The molecule has 2 rings (SSSR count). The van der Waals surface area contributed by atoms with Gasteiger partial charge in [-0.2, -0.15) is 0 Å². The maximum atomic E-state index is 12.1. The monoisotopic (exact) mass is 384 g/mol. The molecule has 6 nitrogen and oxygen atoms in total. The number of nitrogens with one attached hydrogen (secondary N) is 2. The van der Waals surface area contributed by atoms with Crippen LogP contribution in [-0.4, -0.2) is 50.5 Å². The standard InChI is InChI=1S/C22H32N4O2/c1-4-5-13-23-22(25-15-12-20-10-7-16-28-20)24-14-11-18-8-6-9-19(17-18)21(27)26(2)3/h6-10,16-17H,4-5,11-15H2,1-3H3,(H2,23,24,25). The van der Waals surface area contributed by atoms with Gasteiger partial charge in [-0.25, -0.2) is 0 Å². The highest BCUT2D eigenvalue weighted by Crippen LogP contribution is 2.07. The van der Waals surface area contributed by atoms with Gasteiger partial charge in [0.25, 0.3) is 5.91 Å². The second-order valence-corrected chi connectivity index (χ2v) is 6.92. The summed E-state index contributed by atoms with van der Waals surface area (Å²) in [5, 5.41) is 6.76. The topological polar surface area (TPSA) is 69.9 Å². The first-order valence-corrected chi connectivity index (χ1v) is 9.95. The number of hydrogen-bond acceptors (Lipinski definition) is 3. The Hall–Kier alpha value is -2.76. The van der Waals surface area contributed by atoms with Crippen molar-refractivity contribution >= 4 is 11.9 Å². The number of aliphatic imine (C=N–C) groups is 1. The summed E-state index contributed by atoms with van der Waals surface area (Å²) in [5.74, 6) is 1.81. The van der Waals surface area contributed by atoms with E-state index in [1.165, 1.54) is 0 Å². The summed E-state index contributed by atoms with van der Waals surface area (Å²) >= 11 is 0. The van der Waals surface area contributed by atoms with Crippen LogP contribution in [0.4, 0.5) is 0 Å². The van der Waals surface area contributed by atoms with Crippen LogP contribution in [0.15, 0.2) is 52.1 Å². The van der Waals surface area contributed by atoms with Crippen molar-refractivity contribution < 1.29 is 9.21 Å². The molecule has 0 atom stereocenters. The molecule has 2 aromatic rings. The van der Waals surface area contributed by atoms with E-state index in [9.17, 15) is 4.79 Å². The fourth-order valence-electron chi connectivity index (χ4n) is 2.73. The number of carbonyl (C=O) groups is 1. The van der Waals surface area contributed by atoms with Crippen LogP contribution in [0.3, 0.4) is 0 Å². The average molecular weight is 385 g/mol. The number of furan rings is 1. The summed E-state index contributed by atoms with van der Waals surface area (Å²) in [6.07, 6.45) is 5.52. The molecule has 0 aliphatic rings. The van der Waals surface area contributed by atoms with Gasteiger partial charge in [0.05, 0.1) is 6.26 Å². The van der Waals surface area contributed by atoms with Gasteiger partial charge in [0.1, 0.15) is 5.76 Å². The smallest absolute Gasteiger partial charge is 0.253 e. The molecule has 6 heteroatoms. The van der Waals surface area contributed by atoms with E-state index in [0.717, 1.165) is 68.2 Å². The van der Waals surface area contributed by atoms with Crippen LogP contribution in [0.1, 0.15) is 41.4 Å². The van der Waals surface area contributed by atoms with Crippen molar-refractivity contribution in [1.29, 1.82) is 0 Å². The Morgan fingerprint density at radius 3 is 2.57 bits per heavy atom. The van der Waals surface area contributed by atoms with Gasteiger partial charge < -0.3 is 20.0 Å². The zero-order valence-electron chi connectivity index (χ0n) is 17.2. The van der Waals surface area contributed by atoms with Gasteiger partial charge in [0, 0.05) is 45.7 Å². The lowest BCUT2D eigenvalue weighted by atomic mass is 10.1. The molecular formula is C22H32N4O2.